The Morgan fingerprint density at radius 3 is 1.28 bits per heavy atom. The quantitative estimate of drug-likeness (QED) is 0.0226. The van der Waals surface area contributed by atoms with Crippen LogP contribution in [0.3, 0.4) is 0 Å². The summed E-state index contributed by atoms with van der Waals surface area (Å²) in [5.41, 5.74) is 0. The molecular formula is C61H118O21S. The number of rotatable bonds is 45. The second-order valence-corrected chi connectivity index (χ2v) is 27.4. The average Bonchev–Trinajstić information content (AvgIpc) is 3.63. The van der Waals surface area contributed by atoms with E-state index in [1.165, 1.54) is 89.9 Å². The maximum Gasteiger partial charge on any atom is 0.397 e. The summed E-state index contributed by atoms with van der Waals surface area (Å²) in [7, 11) is -5.23. The summed E-state index contributed by atoms with van der Waals surface area (Å²) in [6, 6.07) is 0. The van der Waals surface area contributed by atoms with Gasteiger partial charge in [0.15, 0.2) is 18.9 Å². The van der Waals surface area contributed by atoms with E-state index in [0.717, 1.165) is 62.2 Å². The van der Waals surface area contributed by atoms with Crippen molar-refractivity contribution in [3.63, 3.8) is 0 Å². The van der Waals surface area contributed by atoms with Gasteiger partial charge in [0.05, 0.1) is 33.0 Å². The van der Waals surface area contributed by atoms with Gasteiger partial charge in [0.25, 0.3) is 0 Å². The molecule has 0 aromatic rings. The molecule has 3 aliphatic rings. The van der Waals surface area contributed by atoms with Crippen LogP contribution in [0, 0.1) is 47.3 Å². The van der Waals surface area contributed by atoms with Gasteiger partial charge in [-0.05, 0) is 60.2 Å². The van der Waals surface area contributed by atoms with Crippen LogP contribution in [-0.4, -0.2) is 203 Å². The van der Waals surface area contributed by atoms with Crippen LogP contribution in [0.4, 0.5) is 0 Å². The summed E-state index contributed by atoms with van der Waals surface area (Å²) >= 11 is 0. The first-order chi connectivity index (χ1) is 39.2. The van der Waals surface area contributed by atoms with Gasteiger partial charge in [0.1, 0.15) is 79.4 Å². The van der Waals surface area contributed by atoms with Gasteiger partial charge in [-0.3, -0.25) is 4.55 Å². The molecule has 7 unspecified atom stereocenters. The molecule has 3 fully saturated rings. The van der Waals surface area contributed by atoms with Crippen molar-refractivity contribution in [3.05, 3.63) is 0 Å². The lowest BCUT2D eigenvalue weighted by Gasteiger charge is -2.46. The monoisotopic (exact) mass is 1220 g/mol. The fraction of sp³-hybridized carbons (Fsp3) is 1.00. The van der Waals surface area contributed by atoms with Gasteiger partial charge in [0.2, 0.25) is 0 Å². The zero-order valence-corrected chi connectivity index (χ0v) is 53.1. The predicted octanol–water partition coefficient (Wildman–Crippen LogP) is 6.61. The molecule has 0 spiro atoms. The van der Waals surface area contributed by atoms with E-state index in [0.29, 0.717) is 36.9 Å². The number of hydrogen-bond acceptors (Lipinski definition) is 20. The van der Waals surface area contributed by atoms with Crippen LogP contribution < -0.4 is 0 Å². The second kappa shape index (κ2) is 40.7. The van der Waals surface area contributed by atoms with E-state index < -0.39 is 128 Å². The van der Waals surface area contributed by atoms with Crippen molar-refractivity contribution in [1.29, 1.82) is 0 Å². The molecule has 3 rings (SSSR count). The maximum atomic E-state index is 11.5. The molecule has 3 saturated heterocycles. The van der Waals surface area contributed by atoms with E-state index in [4.69, 9.17) is 37.9 Å². The van der Waals surface area contributed by atoms with E-state index in [1.54, 1.807) is 0 Å². The fourth-order valence-corrected chi connectivity index (χ4v) is 12.0. The van der Waals surface area contributed by atoms with Gasteiger partial charge in [-0.1, -0.05) is 185 Å². The SMILES string of the molecule is CC(C)CCCC(C)CCCC(C)CCCC(C)CCOCC(CO[C@@H]1O[C@H](CO)[C@H](O)[C@@H](O)[C@@H]1O[C@H]1O[C@@H](CO[C@@H]2O[C@H](CO)[C@H](O)[C@H](OS(=O)(=O)O)[C@H]2O)[C@H](O)[C@@H](O)[C@H]1O)OCCC(C)CCCC(C)CCCC(C)CCCC(C)C. The van der Waals surface area contributed by atoms with Gasteiger partial charge in [-0.15, -0.1) is 0 Å². The third kappa shape index (κ3) is 29.6. The summed E-state index contributed by atoms with van der Waals surface area (Å²) in [5, 5.41) is 96.6. The van der Waals surface area contributed by atoms with E-state index >= 15 is 0 Å². The Bertz CT molecular complexity index is 1750. The third-order valence-corrected chi connectivity index (χ3v) is 17.7. The van der Waals surface area contributed by atoms with Crippen LogP contribution in [0.1, 0.15) is 198 Å². The summed E-state index contributed by atoms with van der Waals surface area (Å²) in [6.07, 6.45) is -3.64. The summed E-state index contributed by atoms with van der Waals surface area (Å²) in [4.78, 5) is 0. The molecule has 0 radical (unpaired) electrons. The third-order valence-electron chi connectivity index (χ3n) is 17.3. The molecule has 0 aromatic heterocycles. The fourth-order valence-electron chi connectivity index (χ4n) is 11.4. The zero-order chi connectivity index (χ0) is 61.8. The number of ether oxygens (including phenoxy) is 8. The normalized spacial score (nSPS) is 31.7. The lowest BCUT2D eigenvalue weighted by molar-refractivity contribution is -0.373. The van der Waals surface area contributed by atoms with Crippen LogP contribution in [0.5, 0.6) is 0 Å². The standard InChI is InChI=1S/C61H118O21S/c1-38(2)17-11-19-40(5)21-13-23-42(7)25-15-27-44(9)29-31-74-35-46(75-32-30-45(10)28-16-26-43(8)24-14-22-41(6)20-12-18-39(3)4)36-76-61-58(54(68)50(64)47(33-62)79-61)81-60-55(69)53(67)51(65)49(80-60)37-77-59-56(70)57(82-83(71,72)73)52(66)48(34-63)78-59/h38-70H,11-37H2,1-10H3,(H,71,72,73)/t40?,41?,42?,43?,44?,45?,46?,47-,48-,49+,50+,51+,52+,53-,54-,55-,56-,57+,58+,59-,60-,61-/m1/s1. The van der Waals surface area contributed by atoms with Crippen LogP contribution in [0.2, 0.25) is 0 Å². The molecule has 0 amide bonds. The van der Waals surface area contributed by atoms with Crippen LogP contribution in [0.15, 0.2) is 0 Å². The topological polar surface area (TPSA) is 320 Å². The molecule has 0 bridgehead atoms. The molecule has 3 heterocycles. The van der Waals surface area contributed by atoms with Crippen molar-refractivity contribution in [1.82, 2.24) is 0 Å². The highest BCUT2D eigenvalue weighted by Gasteiger charge is 2.53. The Hall–Kier alpha value is -0.810. The Morgan fingerprint density at radius 2 is 0.819 bits per heavy atom. The number of hydrogen-bond donors (Lipinski definition) is 10. The van der Waals surface area contributed by atoms with Gasteiger partial charge in [-0.25, -0.2) is 4.18 Å². The van der Waals surface area contributed by atoms with Crippen LogP contribution in [-0.2, 0) is 52.5 Å². The minimum Gasteiger partial charge on any atom is -0.394 e. The van der Waals surface area contributed by atoms with Crippen molar-refractivity contribution < 1.29 is 101 Å². The first-order valence-electron chi connectivity index (χ1n) is 31.9. The van der Waals surface area contributed by atoms with Crippen molar-refractivity contribution in [2.24, 2.45) is 47.3 Å². The predicted molar refractivity (Wildman–Crippen MR) is 313 cm³/mol. The molecule has 0 aromatic carbocycles. The lowest BCUT2D eigenvalue weighted by atomic mass is 9.91. The summed E-state index contributed by atoms with van der Waals surface area (Å²) < 4.78 is 84.3. The first-order valence-corrected chi connectivity index (χ1v) is 33.3. The molecule has 494 valence electrons. The zero-order valence-electron chi connectivity index (χ0n) is 52.3. The molecule has 83 heavy (non-hydrogen) atoms. The van der Waals surface area contributed by atoms with Gasteiger partial charge in [0, 0.05) is 13.2 Å². The summed E-state index contributed by atoms with van der Waals surface area (Å²) in [5.74, 6) is 5.29. The van der Waals surface area contributed by atoms with E-state index in [-0.39, 0.29) is 13.2 Å². The van der Waals surface area contributed by atoms with Crippen LogP contribution in [0.25, 0.3) is 0 Å². The van der Waals surface area contributed by atoms with E-state index in [1.807, 2.05) is 0 Å². The van der Waals surface area contributed by atoms with Crippen molar-refractivity contribution in [2.75, 3.05) is 46.2 Å². The Labute approximate surface area is 499 Å². The van der Waals surface area contributed by atoms with Crippen LogP contribution >= 0.6 is 0 Å². The van der Waals surface area contributed by atoms with Crippen molar-refractivity contribution in [2.45, 2.75) is 296 Å². The van der Waals surface area contributed by atoms with Crippen molar-refractivity contribution >= 4 is 10.4 Å². The first kappa shape index (κ1) is 76.4. The lowest BCUT2D eigenvalue weighted by Crippen LogP contribution is -2.65. The maximum absolute atomic E-state index is 11.5. The molecular weight excluding hydrogens is 1100 g/mol. The molecule has 22 heteroatoms. The average molecular weight is 1220 g/mol. The molecule has 3 aliphatic heterocycles. The van der Waals surface area contributed by atoms with Gasteiger partial charge in [-0.2, -0.15) is 8.42 Å². The smallest absolute Gasteiger partial charge is 0.394 e. The molecule has 0 aliphatic carbocycles. The molecule has 10 N–H and O–H groups in total. The highest BCUT2D eigenvalue weighted by molar-refractivity contribution is 7.80. The molecule has 22 atom stereocenters. The number of aliphatic hydroxyl groups is 9. The van der Waals surface area contributed by atoms with Gasteiger partial charge >= 0.3 is 10.4 Å². The minimum absolute atomic E-state index is 0.153. The molecule has 0 saturated carbocycles. The minimum atomic E-state index is -5.23. The van der Waals surface area contributed by atoms with E-state index in [9.17, 15) is 58.9 Å². The van der Waals surface area contributed by atoms with Gasteiger partial charge < -0.3 is 83.9 Å². The Morgan fingerprint density at radius 1 is 0.410 bits per heavy atom. The highest BCUT2D eigenvalue weighted by atomic mass is 32.3. The molecule has 21 nitrogen and oxygen atoms in total. The van der Waals surface area contributed by atoms with Crippen molar-refractivity contribution in [3.8, 4) is 0 Å². The Kier molecular flexibility index (Phi) is 37.5. The highest BCUT2D eigenvalue weighted by Crippen LogP contribution is 2.33. The Balaban J connectivity index is 1.64. The summed E-state index contributed by atoms with van der Waals surface area (Å²) in [6.45, 7) is 21.6. The largest absolute Gasteiger partial charge is 0.397 e. The van der Waals surface area contributed by atoms with E-state index in [2.05, 4.69) is 73.4 Å². The second-order valence-electron chi connectivity index (χ2n) is 26.3. The number of aliphatic hydroxyl groups excluding tert-OH is 9.